The molecular formula is C13H20FNO2. The maximum Gasteiger partial charge on any atom is 0.169 e. The van der Waals surface area contributed by atoms with Crippen LogP contribution in [0.15, 0.2) is 18.2 Å². The van der Waals surface area contributed by atoms with E-state index >= 15 is 0 Å². The van der Waals surface area contributed by atoms with E-state index in [0.29, 0.717) is 5.56 Å². The molecule has 0 heterocycles. The SMILES string of the molecule is CCCC(OC)C(N)c1cccc(OC)c1F. The predicted octanol–water partition coefficient (Wildman–Crippen LogP) is 2.65. The van der Waals surface area contributed by atoms with Gasteiger partial charge in [-0.15, -0.1) is 0 Å². The molecule has 0 bridgehead atoms. The van der Waals surface area contributed by atoms with Crippen LogP contribution in [0.4, 0.5) is 4.39 Å². The van der Waals surface area contributed by atoms with Crippen LogP contribution in [-0.2, 0) is 4.74 Å². The Kier molecular flexibility index (Phi) is 5.38. The third-order valence-corrected chi connectivity index (χ3v) is 2.85. The first-order valence-corrected chi connectivity index (χ1v) is 5.76. The van der Waals surface area contributed by atoms with Crippen LogP contribution in [0.5, 0.6) is 5.75 Å². The molecule has 2 N–H and O–H groups in total. The Bertz CT molecular complexity index is 357. The lowest BCUT2D eigenvalue weighted by atomic mass is 9.98. The zero-order valence-electron chi connectivity index (χ0n) is 10.6. The number of hydrogen-bond acceptors (Lipinski definition) is 3. The Balaban J connectivity index is 2.98. The molecule has 0 aliphatic heterocycles. The summed E-state index contributed by atoms with van der Waals surface area (Å²) in [5.41, 5.74) is 6.47. The second-order valence-electron chi connectivity index (χ2n) is 3.95. The molecule has 0 fully saturated rings. The third-order valence-electron chi connectivity index (χ3n) is 2.85. The first kappa shape index (κ1) is 13.9. The van der Waals surface area contributed by atoms with Gasteiger partial charge < -0.3 is 15.2 Å². The van der Waals surface area contributed by atoms with Gasteiger partial charge in [-0.3, -0.25) is 0 Å². The van der Waals surface area contributed by atoms with Crippen molar-refractivity contribution >= 4 is 0 Å². The number of rotatable bonds is 6. The Morgan fingerprint density at radius 1 is 1.35 bits per heavy atom. The fourth-order valence-electron chi connectivity index (χ4n) is 1.87. The first-order valence-electron chi connectivity index (χ1n) is 5.76. The molecule has 3 nitrogen and oxygen atoms in total. The van der Waals surface area contributed by atoms with Gasteiger partial charge in [-0.05, 0) is 12.5 Å². The molecule has 0 aliphatic rings. The van der Waals surface area contributed by atoms with Crippen molar-refractivity contribution in [2.75, 3.05) is 14.2 Å². The van der Waals surface area contributed by atoms with Crippen molar-refractivity contribution < 1.29 is 13.9 Å². The molecule has 0 amide bonds. The van der Waals surface area contributed by atoms with Crippen LogP contribution in [0, 0.1) is 5.82 Å². The average Bonchev–Trinajstić information content (AvgIpc) is 2.35. The molecule has 1 aromatic rings. The van der Waals surface area contributed by atoms with Crippen LogP contribution in [0.25, 0.3) is 0 Å². The predicted molar refractivity (Wildman–Crippen MR) is 65.6 cm³/mol. The van der Waals surface area contributed by atoms with E-state index < -0.39 is 11.9 Å². The maximum absolute atomic E-state index is 14.0. The summed E-state index contributed by atoms with van der Waals surface area (Å²) in [4.78, 5) is 0. The third kappa shape index (κ3) is 3.17. The summed E-state index contributed by atoms with van der Waals surface area (Å²) in [6.45, 7) is 2.04. The molecule has 0 radical (unpaired) electrons. The summed E-state index contributed by atoms with van der Waals surface area (Å²) in [5, 5.41) is 0. The molecule has 1 aromatic carbocycles. The largest absolute Gasteiger partial charge is 0.494 e. The smallest absolute Gasteiger partial charge is 0.169 e. The molecule has 2 unspecified atom stereocenters. The lowest BCUT2D eigenvalue weighted by Crippen LogP contribution is -2.28. The monoisotopic (exact) mass is 241 g/mol. The van der Waals surface area contributed by atoms with Gasteiger partial charge in [0.15, 0.2) is 11.6 Å². The fourth-order valence-corrected chi connectivity index (χ4v) is 1.87. The molecule has 0 saturated carbocycles. The van der Waals surface area contributed by atoms with E-state index in [1.807, 2.05) is 6.92 Å². The molecule has 0 aliphatic carbocycles. The van der Waals surface area contributed by atoms with Crippen molar-refractivity contribution in [3.63, 3.8) is 0 Å². The van der Waals surface area contributed by atoms with Crippen LogP contribution in [-0.4, -0.2) is 20.3 Å². The van der Waals surface area contributed by atoms with Gasteiger partial charge in [-0.1, -0.05) is 25.5 Å². The number of nitrogens with two attached hydrogens (primary N) is 1. The van der Waals surface area contributed by atoms with Gasteiger partial charge >= 0.3 is 0 Å². The van der Waals surface area contributed by atoms with E-state index in [9.17, 15) is 4.39 Å². The number of halogens is 1. The number of ether oxygens (including phenoxy) is 2. The summed E-state index contributed by atoms with van der Waals surface area (Å²) < 4.78 is 24.2. The van der Waals surface area contributed by atoms with Gasteiger partial charge in [0.05, 0.1) is 19.3 Å². The maximum atomic E-state index is 14.0. The van der Waals surface area contributed by atoms with Gasteiger partial charge in [-0.2, -0.15) is 0 Å². The minimum atomic E-state index is -0.477. The molecule has 4 heteroatoms. The molecule has 96 valence electrons. The summed E-state index contributed by atoms with van der Waals surface area (Å²) in [6.07, 6.45) is 1.56. The molecule has 0 saturated heterocycles. The van der Waals surface area contributed by atoms with E-state index in [1.54, 1.807) is 25.3 Å². The Hall–Kier alpha value is -1.13. The Morgan fingerprint density at radius 3 is 2.59 bits per heavy atom. The number of benzene rings is 1. The topological polar surface area (TPSA) is 44.5 Å². The van der Waals surface area contributed by atoms with Gasteiger partial charge in [-0.25, -0.2) is 4.39 Å². The van der Waals surface area contributed by atoms with E-state index in [0.717, 1.165) is 12.8 Å². The normalized spacial score (nSPS) is 14.4. The molecule has 17 heavy (non-hydrogen) atoms. The van der Waals surface area contributed by atoms with E-state index in [2.05, 4.69) is 0 Å². The van der Waals surface area contributed by atoms with Crippen molar-refractivity contribution in [1.29, 1.82) is 0 Å². The highest BCUT2D eigenvalue weighted by Gasteiger charge is 2.22. The summed E-state index contributed by atoms with van der Waals surface area (Å²) in [7, 11) is 3.03. The quantitative estimate of drug-likeness (QED) is 0.832. The second kappa shape index (κ2) is 6.57. The summed E-state index contributed by atoms with van der Waals surface area (Å²) in [5.74, 6) is -0.190. The highest BCUT2D eigenvalue weighted by Crippen LogP contribution is 2.27. The zero-order chi connectivity index (χ0) is 12.8. The van der Waals surface area contributed by atoms with E-state index in [-0.39, 0.29) is 11.9 Å². The van der Waals surface area contributed by atoms with Crippen LogP contribution in [0.2, 0.25) is 0 Å². The highest BCUT2D eigenvalue weighted by atomic mass is 19.1. The standard InChI is InChI=1S/C13H20FNO2/c1-4-6-11(17-3)13(15)9-7-5-8-10(16-2)12(9)14/h5,7-8,11,13H,4,6,15H2,1-3H3. The summed E-state index contributed by atoms with van der Waals surface area (Å²) >= 11 is 0. The highest BCUT2D eigenvalue weighted by molar-refractivity contribution is 5.33. The number of methoxy groups -OCH3 is 2. The summed E-state index contributed by atoms with van der Waals surface area (Å²) in [6, 6.07) is 4.50. The Morgan fingerprint density at radius 2 is 2.06 bits per heavy atom. The van der Waals surface area contributed by atoms with Gasteiger partial charge in [0.1, 0.15) is 0 Å². The van der Waals surface area contributed by atoms with Gasteiger partial charge in [0, 0.05) is 12.7 Å². The van der Waals surface area contributed by atoms with Gasteiger partial charge in [0.2, 0.25) is 0 Å². The minimum absolute atomic E-state index is 0.179. The van der Waals surface area contributed by atoms with E-state index in [1.165, 1.54) is 7.11 Å². The van der Waals surface area contributed by atoms with Crippen molar-refractivity contribution in [2.24, 2.45) is 5.73 Å². The van der Waals surface area contributed by atoms with Crippen molar-refractivity contribution in [3.8, 4) is 5.75 Å². The van der Waals surface area contributed by atoms with Crippen molar-refractivity contribution in [2.45, 2.75) is 31.9 Å². The average molecular weight is 241 g/mol. The first-order chi connectivity index (χ1) is 8.15. The molecule has 1 rings (SSSR count). The second-order valence-corrected chi connectivity index (χ2v) is 3.95. The molecule has 0 aromatic heterocycles. The van der Waals surface area contributed by atoms with Crippen LogP contribution in [0.1, 0.15) is 31.4 Å². The van der Waals surface area contributed by atoms with Crippen molar-refractivity contribution in [3.05, 3.63) is 29.6 Å². The van der Waals surface area contributed by atoms with E-state index in [4.69, 9.17) is 15.2 Å². The van der Waals surface area contributed by atoms with Crippen LogP contribution >= 0.6 is 0 Å². The van der Waals surface area contributed by atoms with Crippen LogP contribution in [0.3, 0.4) is 0 Å². The number of hydrogen-bond donors (Lipinski definition) is 1. The lowest BCUT2D eigenvalue weighted by molar-refractivity contribution is 0.0714. The van der Waals surface area contributed by atoms with Crippen LogP contribution < -0.4 is 10.5 Å². The van der Waals surface area contributed by atoms with Gasteiger partial charge in [0.25, 0.3) is 0 Å². The molecule has 2 atom stereocenters. The lowest BCUT2D eigenvalue weighted by Gasteiger charge is -2.23. The minimum Gasteiger partial charge on any atom is -0.494 e. The fraction of sp³-hybridized carbons (Fsp3) is 0.538. The Labute approximate surface area is 102 Å². The van der Waals surface area contributed by atoms with Crippen molar-refractivity contribution in [1.82, 2.24) is 0 Å². The molecular weight excluding hydrogens is 221 g/mol. The molecule has 0 spiro atoms. The zero-order valence-corrected chi connectivity index (χ0v) is 10.6.